The van der Waals surface area contributed by atoms with E-state index < -0.39 is 12.1 Å². The number of carbonyl (C=O) groups excluding carboxylic acids is 2. The second-order valence-electron chi connectivity index (χ2n) is 3.47. The molecule has 5 heteroatoms. The fraction of sp³-hybridized carbons (Fsp3) is 0.778. The number of nitrogens with one attached hydrogen (secondary N) is 1. The number of likely N-dealkylation sites (N-methyl/N-ethyl adjacent to an activating group) is 1. The number of nitrogens with zero attached hydrogens (tertiary/aromatic N) is 1. The Morgan fingerprint density at radius 2 is 2.43 bits per heavy atom. The molecule has 2 unspecified atom stereocenters. The highest BCUT2D eigenvalue weighted by Crippen LogP contribution is 2.14. The van der Waals surface area contributed by atoms with Crippen LogP contribution in [0.5, 0.6) is 0 Å². The van der Waals surface area contributed by atoms with E-state index in [-0.39, 0.29) is 24.8 Å². The molecule has 1 aliphatic rings. The van der Waals surface area contributed by atoms with Gasteiger partial charge in [-0.1, -0.05) is 0 Å². The van der Waals surface area contributed by atoms with E-state index in [1.165, 1.54) is 4.90 Å². The summed E-state index contributed by atoms with van der Waals surface area (Å²) >= 11 is 0. The molecule has 2 N–H and O–H groups in total. The van der Waals surface area contributed by atoms with Crippen molar-refractivity contribution >= 4 is 11.8 Å². The Morgan fingerprint density at radius 3 is 2.86 bits per heavy atom. The minimum absolute atomic E-state index is 0.129. The van der Waals surface area contributed by atoms with Crippen LogP contribution in [-0.4, -0.2) is 47.1 Å². The van der Waals surface area contributed by atoms with Gasteiger partial charge in [-0.25, -0.2) is 0 Å². The zero-order valence-corrected chi connectivity index (χ0v) is 8.49. The summed E-state index contributed by atoms with van der Waals surface area (Å²) in [7, 11) is 0. The summed E-state index contributed by atoms with van der Waals surface area (Å²) < 4.78 is 0. The summed E-state index contributed by atoms with van der Waals surface area (Å²) in [4.78, 5) is 24.1. The molecule has 0 aromatic heterocycles. The quantitative estimate of drug-likeness (QED) is 0.620. The first-order valence-corrected chi connectivity index (χ1v) is 4.81. The summed E-state index contributed by atoms with van der Waals surface area (Å²) in [6.07, 6.45) is -0.497. The summed E-state index contributed by atoms with van der Waals surface area (Å²) in [6, 6.07) is -0.486. The normalized spacial score (nSPS) is 23.8. The standard InChI is InChI=1S/C9H16N2O3/c1-3-10-9(14)6(2)11-5-7(12)4-8(11)13/h6-7,12H,3-5H2,1-2H3,(H,10,14). The molecule has 0 aromatic carbocycles. The van der Waals surface area contributed by atoms with Crippen LogP contribution in [0.4, 0.5) is 0 Å². The first-order chi connectivity index (χ1) is 6.56. The van der Waals surface area contributed by atoms with Gasteiger partial charge in [0, 0.05) is 13.1 Å². The predicted molar refractivity (Wildman–Crippen MR) is 50.5 cm³/mol. The van der Waals surface area contributed by atoms with Gasteiger partial charge < -0.3 is 15.3 Å². The summed E-state index contributed by atoms with van der Waals surface area (Å²) in [5.41, 5.74) is 0. The molecule has 2 amide bonds. The van der Waals surface area contributed by atoms with Gasteiger partial charge in [-0.05, 0) is 13.8 Å². The lowest BCUT2D eigenvalue weighted by molar-refractivity contribution is -0.136. The van der Waals surface area contributed by atoms with Crippen LogP contribution in [0.15, 0.2) is 0 Å². The third-order valence-electron chi connectivity index (χ3n) is 2.34. The van der Waals surface area contributed by atoms with E-state index in [1.807, 2.05) is 6.92 Å². The summed E-state index contributed by atoms with van der Waals surface area (Å²) in [6.45, 7) is 4.30. The zero-order chi connectivity index (χ0) is 10.7. The van der Waals surface area contributed by atoms with Gasteiger partial charge in [0.15, 0.2) is 0 Å². The number of hydrogen-bond acceptors (Lipinski definition) is 3. The number of β-amino-alcohol motifs (C(OH)–C–C–N with tert-alkyl or cyclic N) is 1. The van der Waals surface area contributed by atoms with Crippen molar-refractivity contribution in [2.75, 3.05) is 13.1 Å². The van der Waals surface area contributed by atoms with Gasteiger partial charge in [-0.15, -0.1) is 0 Å². The van der Waals surface area contributed by atoms with Crippen LogP contribution in [0.25, 0.3) is 0 Å². The molecule has 80 valence electrons. The molecule has 1 rings (SSSR count). The number of carbonyl (C=O) groups is 2. The van der Waals surface area contributed by atoms with E-state index in [1.54, 1.807) is 6.92 Å². The maximum Gasteiger partial charge on any atom is 0.242 e. The fourth-order valence-electron chi connectivity index (χ4n) is 1.55. The van der Waals surface area contributed by atoms with Crippen LogP contribution in [0.1, 0.15) is 20.3 Å². The molecule has 2 atom stereocenters. The van der Waals surface area contributed by atoms with Crippen LogP contribution < -0.4 is 5.32 Å². The number of rotatable bonds is 3. The Hall–Kier alpha value is -1.10. The topological polar surface area (TPSA) is 69.6 Å². The molecule has 1 heterocycles. The van der Waals surface area contributed by atoms with Gasteiger partial charge in [-0.3, -0.25) is 9.59 Å². The van der Waals surface area contributed by atoms with Crippen LogP contribution in [0, 0.1) is 0 Å². The van der Waals surface area contributed by atoms with Crippen LogP contribution >= 0.6 is 0 Å². The number of likely N-dealkylation sites (tertiary alicyclic amines) is 1. The van der Waals surface area contributed by atoms with Crippen molar-refractivity contribution in [3.8, 4) is 0 Å². The van der Waals surface area contributed by atoms with Crippen LogP contribution in [0.2, 0.25) is 0 Å². The third kappa shape index (κ3) is 2.23. The largest absolute Gasteiger partial charge is 0.391 e. The van der Waals surface area contributed by atoms with Gasteiger partial charge in [0.2, 0.25) is 11.8 Å². The molecule has 0 aromatic rings. The maximum atomic E-state index is 11.4. The van der Waals surface area contributed by atoms with Crippen molar-refractivity contribution in [2.45, 2.75) is 32.4 Å². The van der Waals surface area contributed by atoms with Gasteiger partial charge >= 0.3 is 0 Å². The van der Waals surface area contributed by atoms with E-state index in [4.69, 9.17) is 0 Å². The number of aliphatic hydroxyl groups excluding tert-OH is 1. The highest BCUT2D eigenvalue weighted by Gasteiger charge is 2.33. The number of amides is 2. The van der Waals surface area contributed by atoms with E-state index in [2.05, 4.69) is 5.32 Å². The minimum atomic E-state index is -0.626. The average Bonchev–Trinajstić information content (AvgIpc) is 2.44. The van der Waals surface area contributed by atoms with Gasteiger partial charge in [0.1, 0.15) is 6.04 Å². The molecule has 14 heavy (non-hydrogen) atoms. The highest BCUT2D eigenvalue weighted by atomic mass is 16.3. The molecule has 0 bridgehead atoms. The van der Waals surface area contributed by atoms with Crippen molar-refractivity contribution in [2.24, 2.45) is 0 Å². The molecular weight excluding hydrogens is 184 g/mol. The molecule has 1 aliphatic heterocycles. The average molecular weight is 200 g/mol. The van der Waals surface area contributed by atoms with Crippen LogP contribution in [-0.2, 0) is 9.59 Å². The van der Waals surface area contributed by atoms with E-state index in [0.29, 0.717) is 6.54 Å². The van der Waals surface area contributed by atoms with Crippen LogP contribution in [0.3, 0.4) is 0 Å². The monoisotopic (exact) mass is 200 g/mol. The van der Waals surface area contributed by atoms with Gasteiger partial charge in [-0.2, -0.15) is 0 Å². The lowest BCUT2D eigenvalue weighted by atomic mass is 10.3. The third-order valence-corrected chi connectivity index (χ3v) is 2.34. The molecule has 0 aliphatic carbocycles. The first kappa shape index (κ1) is 11.0. The maximum absolute atomic E-state index is 11.4. The van der Waals surface area contributed by atoms with Crippen molar-refractivity contribution in [1.29, 1.82) is 0 Å². The summed E-state index contributed by atoms with van der Waals surface area (Å²) in [5, 5.41) is 11.9. The van der Waals surface area contributed by atoms with Crippen molar-refractivity contribution in [3.05, 3.63) is 0 Å². The molecule has 1 saturated heterocycles. The molecular formula is C9H16N2O3. The highest BCUT2D eigenvalue weighted by molar-refractivity contribution is 5.88. The lowest BCUT2D eigenvalue weighted by Gasteiger charge is -2.22. The Morgan fingerprint density at radius 1 is 1.79 bits per heavy atom. The van der Waals surface area contributed by atoms with E-state index >= 15 is 0 Å². The smallest absolute Gasteiger partial charge is 0.242 e. The zero-order valence-electron chi connectivity index (χ0n) is 8.49. The van der Waals surface area contributed by atoms with Crippen molar-refractivity contribution in [1.82, 2.24) is 10.2 Å². The molecule has 5 nitrogen and oxygen atoms in total. The Labute approximate surface area is 83.1 Å². The molecule has 0 saturated carbocycles. The minimum Gasteiger partial charge on any atom is -0.391 e. The molecule has 1 fully saturated rings. The van der Waals surface area contributed by atoms with Gasteiger partial charge in [0.05, 0.1) is 12.5 Å². The lowest BCUT2D eigenvalue weighted by Crippen LogP contribution is -2.46. The van der Waals surface area contributed by atoms with Crippen molar-refractivity contribution in [3.63, 3.8) is 0 Å². The second kappa shape index (κ2) is 4.41. The van der Waals surface area contributed by atoms with Crippen molar-refractivity contribution < 1.29 is 14.7 Å². The first-order valence-electron chi connectivity index (χ1n) is 4.81. The Balaban J connectivity index is 2.56. The number of aliphatic hydroxyl groups is 1. The number of hydrogen-bond donors (Lipinski definition) is 2. The predicted octanol–water partition coefficient (Wildman–Crippen LogP) is -0.896. The Kier molecular flexibility index (Phi) is 3.46. The van der Waals surface area contributed by atoms with E-state index in [9.17, 15) is 14.7 Å². The SMILES string of the molecule is CCNC(=O)C(C)N1CC(O)CC1=O. The van der Waals surface area contributed by atoms with Gasteiger partial charge in [0.25, 0.3) is 0 Å². The fourth-order valence-corrected chi connectivity index (χ4v) is 1.55. The summed E-state index contributed by atoms with van der Waals surface area (Å²) in [5.74, 6) is -0.328. The Bertz CT molecular complexity index is 242. The molecule has 0 radical (unpaired) electrons. The second-order valence-corrected chi connectivity index (χ2v) is 3.47. The molecule has 0 spiro atoms. The van der Waals surface area contributed by atoms with E-state index in [0.717, 1.165) is 0 Å².